The highest BCUT2D eigenvalue weighted by Gasteiger charge is 2.33. The van der Waals surface area contributed by atoms with Crippen molar-refractivity contribution in [2.45, 2.75) is 38.5 Å². The van der Waals surface area contributed by atoms with Crippen molar-refractivity contribution in [3.05, 3.63) is 36.4 Å². The number of hydrogen-bond acceptors (Lipinski definition) is 6. The van der Waals surface area contributed by atoms with Crippen LogP contribution in [0.25, 0.3) is 0 Å². The molecule has 2 atom stereocenters. The van der Waals surface area contributed by atoms with Crippen LogP contribution in [-0.4, -0.2) is 52.8 Å². The number of carbonyl (C=O) groups excluding carboxylic acids is 1. The molecule has 2 aromatic rings. The Morgan fingerprint density at radius 2 is 2.27 bits per heavy atom. The van der Waals surface area contributed by atoms with E-state index >= 15 is 0 Å². The van der Waals surface area contributed by atoms with Crippen LogP contribution in [0.15, 0.2) is 30.7 Å². The first-order chi connectivity index (χ1) is 12.5. The highest BCUT2D eigenvalue weighted by Crippen LogP contribution is 2.26. The van der Waals surface area contributed by atoms with Crippen LogP contribution in [0.2, 0.25) is 0 Å². The Labute approximate surface area is 153 Å². The third-order valence-corrected chi connectivity index (χ3v) is 4.74. The zero-order valence-electron chi connectivity index (χ0n) is 15.4. The summed E-state index contributed by atoms with van der Waals surface area (Å²) < 4.78 is 7.48. The second-order valence-corrected chi connectivity index (χ2v) is 6.81. The maximum absolute atomic E-state index is 12.6. The van der Waals surface area contributed by atoms with E-state index in [-0.39, 0.29) is 24.1 Å². The normalized spacial score (nSPS) is 19.9. The Balaban J connectivity index is 1.70. The maximum atomic E-state index is 12.6. The molecular weight excluding hydrogens is 332 g/mol. The average molecular weight is 358 g/mol. The molecule has 0 bridgehead atoms. The number of aromatic nitrogens is 3. The van der Waals surface area contributed by atoms with Crippen LogP contribution >= 0.6 is 0 Å². The minimum absolute atomic E-state index is 0.0771. The fourth-order valence-corrected chi connectivity index (χ4v) is 3.37. The summed E-state index contributed by atoms with van der Waals surface area (Å²) >= 11 is 0. The number of nitrogens with one attached hydrogen (secondary N) is 1. The zero-order chi connectivity index (χ0) is 18.7. The van der Waals surface area contributed by atoms with E-state index in [1.807, 2.05) is 22.9 Å². The van der Waals surface area contributed by atoms with Crippen LogP contribution in [-0.2, 0) is 4.74 Å². The van der Waals surface area contributed by atoms with Gasteiger partial charge in [-0.2, -0.15) is 0 Å². The van der Waals surface area contributed by atoms with Crippen molar-refractivity contribution < 1.29 is 9.53 Å². The van der Waals surface area contributed by atoms with Gasteiger partial charge in [-0.05, 0) is 32.4 Å². The summed E-state index contributed by atoms with van der Waals surface area (Å²) in [7, 11) is 1.70. The van der Waals surface area contributed by atoms with Crippen molar-refractivity contribution in [2.75, 3.05) is 30.8 Å². The first-order valence-electron chi connectivity index (χ1n) is 8.81. The molecule has 1 aliphatic rings. The largest absolute Gasteiger partial charge is 0.384 e. The molecule has 0 saturated carbocycles. The molecule has 1 amide bonds. The summed E-state index contributed by atoms with van der Waals surface area (Å²) in [5.41, 5.74) is 6.45. The van der Waals surface area contributed by atoms with E-state index < -0.39 is 0 Å². The first-order valence-corrected chi connectivity index (χ1v) is 8.81. The van der Waals surface area contributed by atoms with Gasteiger partial charge >= 0.3 is 0 Å². The molecule has 26 heavy (non-hydrogen) atoms. The summed E-state index contributed by atoms with van der Waals surface area (Å²) in [5.74, 6) is 1.10. The lowest BCUT2D eigenvalue weighted by molar-refractivity contribution is 0.0935. The van der Waals surface area contributed by atoms with Crippen LogP contribution in [0.5, 0.6) is 0 Å². The summed E-state index contributed by atoms with van der Waals surface area (Å²) in [6.45, 7) is 5.32. The van der Waals surface area contributed by atoms with E-state index in [4.69, 9.17) is 10.5 Å². The first kappa shape index (κ1) is 18.2. The van der Waals surface area contributed by atoms with Gasteiger partial charge in [0.15, 0.2) is 0 Å². The molecule has 0 aliphatic carbocycles. The van der Waals surface area contributed by atoms with Gasteiger partial charge in [-0.25, -0.2) is 9.97 Å². The van der Waals surface area contributed by atoms with Gasteiger partial charge in [-0.15, -0.1) is 0 Å². The van der Waals surface area contributed by atoms with Crippen LogP contribution in [0, 0.1) is 0 Å². The molecule has 3 heterocycles. The second-order valence-electron chi connectivity index (χ2n) is 6.81. The van der Waals surface area contributed by atoms with Gasteiger partial charge in [0.1, 0.15) is 23.7 Å². The molecule has 0 aromatic carbocycles. The summed E-state index contributed by atoms with van der Waals surface area (Å²) in [6.07, 6.45) is 4.28. The highest BCUT2D eigenvalue weighted by molar-refractivity contribution is 5.92. The highest BCUT2D eigenvalue weighted by atomic mass is 16.5. The van der Waals surface area contributed by atoms with E-state index in [9.17, 15) is 4.79 Å². The van der Waals surface area contributed by atoms with Gasteiger partial charge in [-0.3, -0.25) is 4.79 Å². The van der Waals surface area contributed by atoms with E-state index in [2.05, 4.69) is 34.0 Å². The molecule has 140 valence electrons. The number of nitrogen functional groups attached to an aromatic ring is 1. The van der Waals surface area contributed by atoms with Crippen molar-refractivity contribution in [3.63, 3.8) is 0 Å². The molecule has 1 aliphatic heterocycles. The Morgan fingerprint density at radius 1 is 1.46 bits per heavy atom. The third-order valence-electron chi connectivity index (χ3n) is 4.74. The smallest absolute Gasteiger partial charge is 0.267 e. The van der Waals surface area contributed by atoms with Crippen molar-refractivity contribution >= 4 is 17.5 Å². The maximum Gasteiger partial charge on any atom is 0.267 e. The lowest BCUT2D eigenvalue weighted by Crippen LogP contribution is -2.41. The van der Waals surface area contributed by atoms with Gasteiger partial charge in [0.2, 0.25) is 0 Å². The molecule has 1 saturated heterocycles. The molecular formula is C18H26N6O2. The fraction of sp³-hybridized carbons (Fsp3) is 0.500. The van der Waals surface area contributed by atoms with Crippen molar-refractivity contribution in [1.29, 1.82) is 0 Å². The fourth-order valence-electron chi connectivity index (χ4n) is 3.37. The number of methoxy groups -OCH3 is 1. The molecule has 0 radical (unpaired) electrons. The third kappa shape index (κ3) is 3.80. The Morgan fingerprint density at radius 3 is 2.96 bits per heavy atom. The number of hydrogen-bond donors (Lipinski definition) is 2. The SMILES string of the molecule is CO[C@@H]1C[C@H](CNC(=O)c2cccn2C(C)C)N(c2cc(N)ncn2)C1. The predicted octanol–water partition coefficient (Wildman–Crippen LogP) is 1.46. The van der Waals surface area contributed by atoms with Crippen molar-refractivity contribution in [2.24, 2.45) is 0 Å². The number of carbonyl (C=O) groups is 1. The molecule has 8 heteroatoms. The Hall–Kier alpha value is -2.61. The van der Waals surface area contributed by atoms with Crippen LogP contribution in [0.4, 0.5) is 11.6 Å². The standard InChI is InChI=1S/C18H26N6O2/c1-12(2)23-6-4-5-15(23)18(25)20-9-13-7-14(26-3)10-24(13)17-8-16(19)21-11-22-17/h4-6,8,11-14H,7,9-10H2,1-3H3,(H,20,25)(H2,19,21,22)/t13-,14-/m1/s1. The van der Waals surface area contributed by atoms with E-state index in [0.717, 1.165) is 12.2 Å². The van der Waals surface area contributed by atoms with Crippen molar-refractivity contribution in [1.82, 2.24) is 19.9 Å². The van der Waals surface area contributed by atoms with E-state index in [1.54, 1.807) is 13.2 Å². The van der Waals surface area contributed by atoms with E-state index in [1.165, 1.54) is 6.33 Å². The van der Waals surface area contributed by atoms with Crippen LogP contribution in [0.1, 0.15) is 36.8 Å². The molecule has 3 rings (SSSR count). The molecule has 8 nitrogen and oxygen atoms in total. The lowest BCUT2D eigenvalue weighted by atomic mass is 10.2. The molecule has 3 N–H and O–H groups in total. The van der Waals surface area contributed by atoms with Gasteiger partial charge in [0.05, 0.1) is 12.1 Å². The number of nitrogens with two attached hydrogens (primary N) is 1. The minimum Gasteiger partial charge on any atom is -0.384 e. The summed E-state index contributed by atoms with van der Waals surface area (Å²) in [6, 6.07) is 5.79. The van der Waals surface area contributed by atoms with E-state index in [0.29, 0.717) is 24.6 Å². The quantitative estimate of drug-likeness (QED) is 0.811. The molecule has 0 spiro atoms. The van der Waals surface area contributed by atoms with Gasteiger partial charge < -0.3 is 25.3 Å². The average Bonchev–Trinajstić information content (AvgIpc) is 3.26. The number of anilines is 2. The topological polar surface area (TPSA) is 98.3 Å². The summed E-state index contributed by atoms with van der Waals surface area (Å²) in [5, 5.41) is 3.05. The zero-order valence-corrected chi connectivity index (χ0v) is 15.4. The molecule has 1 fully saturated rings. The Kier molecular flexibility index (Phi) is 5.41. The number of ether oxygens (including phenoxy) is 1. The van der Waals surface area contributed by atoms with Crippen molar-refractivity contribution in [3.8, 4) is 0 Å². The van der Waals surface area contributed by atoms with Gasteiger partial charge in [0, 0.05) is 38.5 Å². The number of amides is 1. The number of nitrogens with zero attached hydrogens (tertiary/aromatic N) is 4. The minimum atomic E-state index is -0.0771. The molecule has 0 unspecified atom stereocenters. The number of rotatable bonds is 6. The van der Waals surface area contributed by atoms with Gasteiger partial charge in [-0.1, -0.05) is 0 Å². The Bertz CT molecular complexity index is 760. The second kappa shape index (κ2) is 7.74. The summed E-state index contributed by atoms with van der Waals surface area (Å²) in [4.78, 5) is 23.0. The molecule has 2 aromatic heterocycles. The monoisotopic (exact) mass is 358 g/mol. The van der Waals surface area contributed by atoms with Crippen LogP contribution < -0.4 is 16.0 Å². The predicted molar refractivity (Wildman–Crippen MR) is 100 cm³/mol. The van der Waals surface area contributed by atoms with Crippen LogP contribution in [0.3, 0.4) is 0 Å². The lowest BCUT2D eigenvalue weighted by Gasteiger charge is -2.25. The van der Waals surface area contributed by atoms with Gasteiger partial charge in [0.25, 0.3) is 5.91 Å².